The van der Waals surface area contributed by atoms with Crippen LogP contribution in [0.15, 0.2) is 18.2 Å². The van der Waals surface area contributed by atoms with E-state index in [4.69, 9.17) is 0 Å². The Morgan fingerprint density at radius 3 is 2.32 bits per heavy atom. The first-order valence-corrected chi connectivity index (χ1v) is 10.0. The Bertz CT molecular complexity index is 679. The number of rotatable bonds is 4. The van der Waals surface area contributed by atoms with Crippen molar-refractivity contribution in [2.75, 3.05) is 36.4 Å². The van der Waals surface area contributed by atoms with Crippen LogP contribution in [0.5, 0.6) is 0 Å². The maximum Gasteiger partial charge on any atom is 0.416 e. The minimum absolute atomic E-state index is 0.0380. The molecule has 1 aromatic carbocycles. The number of benzene rings is 1. The summed E-state index contributed by atoms with van der Waals surface area (Å²) in [6, 6.07) is 3.65. The van der Waals surface area contributed by atoms with Crippen molar-refractivity contribution < 1.29 is 18.0 Å². The predicted octanol–water partition coefficient (Wildman–Crippen LogP) is 4.30. The lowest BCUT2D eigenvalue weighted by atomic mass is 10.0. The number of anilines is 2. The second kappa shape index (κ2) is 8.59. The SMILES string of the molecule is CC(C)N1CCC(NC(=O)Nc2cc(C(F)(F)F)ccc2N2CCCC2)CC1. The van der Waals surface area contributed by atoms with Gasteiger partial charge >= 0.3 is 12.2 Å². The van der Waals surface area contributed by atoms with Crippen LogP contribution < -0.4 is 15.5 Å². The summed E-state index contributed by atoms with van der Waals surface area (Å²) < 4.78 is 39.4. The number of nitrogens with one attached hydrogen (secondary N) is 2. The van der Waals surface area contributed by atoms with Crippen molar-refractivity contribution in [3.05, 3.63) is 23.8 Å². The quantitative estimate of drug-likeness (QED) is 0.795. The van der Waals surface area contributed by atoms with Gasteiger partial charge in [-0.2, -0.15) is 13.2 Å². The highest BCUT2D eigenvalue weighted by Crippen LogP contribution is 2.36. The maximum atomic E-state index is 13.1. The highest BCUT2D eigenvalue weighted by Gasteiger charge is 2.32. The van der Waals surface area contributed by atoms with E-state index < -0.39 is 17.8 Å². The summed E-state index contributed by atoms with van der Waals surface area (Å²) >= 11 is 0. The number of nitrogens with zero attached hydrogens (tertiary/aromatic N) is 2. The molecule has 3 rings (SSSR count). The molecule has 2 aliphatic heterocycles. The van der Waals surface area contributed by atoms with Gasteiger partial charge in [0.15, 0.2) is 0 Å². The number of carbonyl (C=O) groups is 1. The minimum Gasteiger partial charge on any atom is -0.370 e. The Balaban J connectivity index is 1.68. The molecule has 0 unspecified atom stereocenters. The zero-order valence-electron chi connectivity index (χ0n) is 16.5. The van der Waals surface area contributed by atoms with Crippen LogP contribution in [0.1, 0.15) is 45.1 Å². The van der Waals surface area contributed by atoms with Crippen LogP contribution in [0, 0.1) is 0 Å². The third kappa shape index (κ3) is 5.10. The zero-order valence-corrected chi connectivity index (χ0v) is 16.5. The fourth-order valence-electron chi connectivity index (χ4n) is 3.95. The van der Waals surface area contributed by atoms with E-state index in [1.165, 1.54) is 6.07 Å². The number of carbonyl (C=O) groups excluding carboxylic acids is 1. The van der Waals surface area contributed by atoms with Crippen LogP contribution in [0.25, 0.3) is 0 Å². The number of piperidine rings is 1. The summed E-state index contributed by atoms with van der Waals surface area (Å²) in [6.45, 7) is 7.68. The lowest BCUT2D eigenvalue weighted by molar-refractivity contribution is -0.137. The summed E-state index contributed by atoms with van der Waals surface area (Å²) in [7, 11) is 0. The van der Waals surface area contributed by atoms with Gasteiger partial charge in [0, 0.05) is 38.3 Å². The second-order valence-electron chi connectivity index (χ2n) is 7.93. The van der Waals surface area contributed by atoms with Crippen molar-refractivity contribution in [1.29, 1.82) is 0 Å². The van der Waals surface area contributed by atoms with Gasteiger partial charge < -0.3 is 20.4 Å². The fourth-order valence-corrected chi connectivity index (χ4v) is 3.95. The highest BCUT2D eigenvalue weighted by molar-refractivity contribution is 5.93. The van der Waals surface area contributed by atoms with Crippen molar-refractivity contribution in [2.45, 2.75) is 57.8 Å². The van der Waals surface area contributed by atoms with Crippen molar-refractivity contribution in [1.82, 2.24) is 10.2 Å². The van der Waals surface area contributed by atoms with Crippen LogP contribution in [0.3, 0.4) is 0 Å². The normalized spacial score (nSPS) is 19.3. The molecule has 0 saturated carbocycles. The van der Waals surface area contributed by atoms with Crippen LogP contribution >= 0.6 is 0 Å². The zero-order chi connectivity index (χ0) is 20.3. The summed E-state index contributed by atoms with van der Waals surface area (Å²) in [4.78, 5) is 16.9. The number of alkyl halides is 3. The molecular formula is C20H29F3N4O. The monoisotopic (exact) mass is 398 g/mol. The first-order chi connectivity index (χ1) is 13.2. The molecule has 0 spiro atoms. The van der Waals surface area contributed by atoms with Crippen molar-refractivity contribution in [2.24, 2.45) is 0 Å². The average Bonchev–Trinajstić information content (AvgIpc) is 3.15. The molecule has 2 N–H and O–H groups in total. The molecule has 2 heterocycles. The molecule has 0 atom stereocenters. The summed E-state index contributed by atoms with van der Waals surface area (Å²) in [6.07, 6.45) is -0.761. The number of urea groups is 1. The molecule has 0 aliphatic carbocycles. The summed E-state index contributed by atoms with van der Waals surface area (Å²) in [5.74, 6) is 0. The lowest BCUT2D eigenvalue weighted by Crippen LogP contribution is -2.47. The summed E-state index contributed by atoms with van der Waals surface area (Å²) in [5, 5.41) is 5.60. The number of likely N-dealkylation sites (tertiary alicyclic amines) is 1. The van der Waals surface area contributed by atoms with E-state index in [-0.39, 0.29) is 11.7 Å². The van der Waals surface area contributed by atoms with E-state index >= 15 is 0 Å². The molecule has 2 amide bonds. The molecule has 2 fully saturated rings. The molecule has 28 heavy (non-hydrogen) atoms. The molecule has 5 nitrogen and oxygen atoms in total. The van der Waals surface area contributed by atoms with E-state index in [2.05, 4.69) is 29.4 Å². The van der Waals surface area contributed by atoms with E-state index in [0.29, 0.717) is 11.7 Å². The lowest BCUT2D eigenvalue weighted by Gasteiger charge is -2.34. The van der Waals surface area contributed by atoms with Gasteiger partial charge in [0.25, 0.3) is 0 Å². The van der Waals surface area contributed by atoms with E-state index in [0.717, 1.165) is 64.0 Å². The van der Waals surface area contributed by atoms with E-state index in [9.17, 15) is 18.0 Å². The molecule has 0 aromatic heterocycles. The molecule has 0 radical (unpaired) electrons. The predicted molar refractivity (Wildman–Crippen MR) is 105 cm³/mol. The Morgan fingerprint density at radius 2 is 1.75 bits per heavy atom. The third-order valence-electron chi connectivity index (χ3n) is 5.61. The Morgan fingerprint density at radius 1 is 1.11 bits per heavy atom. The van der Waals surface area contributed by atoms with Crippen LogP contribution in [-0.2, 0) is 6.18 Å². The van der Waals surface area contributed by atoms with E-state index in [1.54, 1.807) is 0 Å². The highest BCUT2D eigenvalue weighted by atomic mass is 19.4. The molecule has 8 heteroatoms. The first-order valence-electron chi connectivity index (χ1n) is 10.0. The number of amides is 2. The average molecular weight is 398 g/mol. The number of hydrogen-bond acceptors (Lipinski definition) is 3. The number of hydrogen-bond donors (Lipinski definition) is 2. The smallest absolute Gasteiger partial charge is 0.370 e. The van der Waals surface area contributed by atoms with Gasteiger partial charge in [0.2, 0.25) is 0 Å². The van der Waals surface area contributed by atoms with Crippen molar-refractivity contribution in [3.8, 4) is 0 Å². The van der Waals surface area contributed by atoms with Gasteiger partial charge in [-0.1, -0.05) is 0 Å². The molecule has 156 valence electrons. The van der Waals surface area contributed by atoms with Gasteiger partial charge in [0.05, 0.1) is 16.9 Å². The van der Waals surface area contributed by atoms with E-state index in [1.807, 2.05) is 4.90 Å². The Labute approximate surface area is 164 Å². The Hall–Kier alpha value is -1.96. The van der Waals surface area contributed by atoms with Crippen LogP contribution in [0.2, 0.25) is 0 Å². The van der Waals surface area contributed by atoms with Gasteiger partial charge in [-0.25, -0.2) is 4.79 Å². The minimum atomic E-state index is -4.44. The summed E-state index contributed by atoms with van der Waals surface area (Å²) in [5.41, 5.74) is 0.111. The largest absolute Gasteiger partial charge is 0.416 e. The molecule has 0 bridgehead atoms. The fraction of sp³-hybridized carbons (Fsp3) is 0.650. The van der Waals surface area contributed by atoms with Crippen molar-refractivity contribution in [3.63, 3.8) is 0 Å². The topological polar surface area (TPSA) is 47.6 Å². The first kappa shape index (κ1) is 20.8. The van der Waals surface area contributed by atoms with Gasteiger partial charge in [-0.15, -0.1) is 0 Å². The van der Waals surface area contributed by atoms with Gasteiger partial charge in [0.1, 0.15) is 0 Å². The van der Waals surface area contributed by atoms with Gasteiger partial charge in [-0.3, -0.25) is 0 Å². The molecular weight excluding hydrogens is 369 g/mol. The molecule has 2 saturated heterocycles. The van der Waals surface area contributed by atoms with Gasteiger partial charge in [-0.05, 0) is 57.7 Å². The van der Waals surface area contributed by atoms with Crippen molar-refractivity contribution >= 4 is 17.4 Å². The Kier molecular flexibility index (Phi) is 6.37. The maximum absolute atomic E-state index is 13.1. The standard InChI is InChI=1S/C20H29F3N4O/c1-14(2)26-11-7-16(8-12-26)24-19(28)25-17-13-15(20(21,22)23)5-6-18(17)27-9-3-4-10-27/h5-6,13-14,16H,3-4,7-12H2,1-2H3,(H2,24,25,28). The number of halogens is 3. The van der Waals surface area contributed by atoms with Crippen LogP contribution in [-0.4, -0.2) is 49.2 Å². The molecule has 2 aliphatic rings. The molecule has 1 aromatic rings. The van der Waals surface area contributed by atoms with Crippen LogP contribution in [0.4, 0.5) is 29.3 Å². The second-order valence-corrected chi connectivity index (χ2v) is 7.93. The third-order valence-corrected chi connectivity index (χ3v) is 5.61.